The van der Waals surface area contributed by atoms with Crippen molar-refractivity contribution in [3.05, 3.63) is 108 Å². The summed E-state index contributed by atoms with van der Waals surface area (Å²) in [5.74, 6) is 0.857. The van der Waals surface area contributed by atoms with E-state index < -0.39 is 5.91 Å². The Kier molecular flexibility index (Phi) is 7.65. The summed E-state index contributed by atoms with van der Waals surface area (Å²) in [4.78, 5) is 12.2. The summed E-state index contributed by atoms with van der Waals surface area (Å²) in [6, 6.07) is 26.8. The van der Waals surface area contributed by atoms with Crippen molar-refractivity contribution in [3.8, 4) is 11.5 Å². The molecule has 0 aliphatic rings. The molecule has 1 aromatic heterocycles. The fourth-order valence-corrected chi connectivity index (χ4v) is 2.87. The molecule has 0 unspecified atom stereocenters. The maximum Gasteiger partial charge on any atom is 0.311 e. The largest absolute Gasteiger partial charge is 0.489 e. The maximum absolute atomic E-state index is 12.2. The van der Waals surface area contributed by atoms with E-state index in [2.05, 4.69) is 15.5 Å². The lowest BCUT2D eigenvalue weighted by Gasteiger charge is -2.09. The van der Waals surface area contributed by atoms with E-state index in [1.165, 1.54) is 0 Å². The highest BCUT2D eigenvalue weighted by Crippen LogP contribution is 2.18. The highest BCUT2D eigenvalue weighted by Gasteiger charge is 2.14. The van der Waals surface area contributed by atoms with Crippen LogP contribution in [0.2, 0.25) is 0 Å². The number of ether oxygens (including phenoxy) is 3. The summed E-state index contributed by atoms with van der Waals surface area (Å²) in [6.07, 6.45) is 0. The number of aromatic nitrogens is 2. The van der Waals surface area contributed by atoms with Crippen LogP contribution in [0.15, 0.2) is 89.3 Å². The van der Waals surface area contributed by atoms with Gasteiger partial charge in [-0.2, -0.15) is 0 Å². The number of amides is 1. The number of nitrogens with one attached hydrogen (secondary N) is 1. The standard InChI is InChI=1S/C25H23N3O5/c29-24(25-28-27-23(33-25)17-30-15-19-7-3-1-4-8-19)26-18-32-22-13-11-21(12-14-22)31-16-20-9-5-2-6-10-20/h1-14H,15-18H2,(H,26,29). The third-order valence-corrected chi connectivity index (χ3v) is 4.54. The van der Waals surface area contributed by atoms with Gasteiger partial charge in [0.15, 0.2) is 6.73 Å². The van der Waals surface area contributed by atoms with E-state index >= 15 is 0 Å². The third kappa shape index (κ3) is 6.91. The molecule has 0 radical (unpaired) electrons. The normalized spacial score (nSPS) is 10.5. The molecule has 8 nitrogen and oxygen atoms in total. The van der Waals surface area contributed by atoms with Crippen molar-refractivity contribution in [1.29, 1.82) is 0 Å². The topological polar surface area (TPSA) is 95.7 Å². The van der Waals surface area contributed by atoms with Crippen molar-refractivity contribution < 1.29 is 23.4 Å². The Hall–Kier alpha value is -4.17. The first kappa shape index (κ1) is 22.0. The zero-order valence-electron chi connectivity index (χ0n) is 17.8. The molecule has 168 valence electrons. The number of carbonyl (C=O) groups excluding carboxylic acids is 1. The first-order valence-electron chi connectivity index (χ1n) is 10.4. The lowest BCUT2D eigenvalue weighted by molar-refractivity contribution is 0.0819. The number of carbonyl (C=O) groups is 1. The van der Waals surface area contributed by atoms with Crippen LogP contribution < -0.4 is 14.8 Å². The van der Waals surface area contributed by atoms with Crippen molar-refractivity contribution in [2.75, 3.05) is 6.73 Å². The molecule has 0 fully saturated rings. The zero-order chi connectivity index (χ0) is 22.7. The second-order valence-corrected chi connectivity index (χ2v) is 7.02. The van der Waals surface area contributed by atoms with Crippen LogP contribution >= 0.6 is 0 Å². The van der Waals surface area contributed by atoms with E-state index in [0.29, 0.717) is 19.0 Å². The van der Waals surface area contributed by atoms with Crippen molar-refractivity contribution in [2.45, 2.75) is 19.8 Å². The maximum atomic E-state index is 12.2. The minimum absolute atomic E-state index is 0.0503. The average Bonchev–Trinajstić information content (AvgIpc) is 3.34. The smallest absolute Gasteiger partial charge is 0.311 e. The first-order chi connectivity index (χ1) is 16.3. The number of rotatable bonds is 11. The van der Waals surface area contributed by atoms with Gasteiger partial charge in [-0.3, -0.25) is 4.79 Å². The van der Waals surface area contributed by atoms with E-state index in [1.807, 2.05) is 60.7 Å². The number of nitrogens with zero attached hydrogens (tertiary/aromatic N) is 2. The lowest BCUT2D eigenvalue weighted by Crippen LogP contribution is -2.28. The molecule has 0 aliphatic heterocycles. The first-order valence-corrected chi connectivity index (χ1v) is 10.4. The van der Waals surface area contributed by atoms with Gasteiger partial charge in [0.05, 0.1) is 6.61 Å². The van der Waals surface area contributed by atoms with Gasteiger partial charge in [-0.1, -0.05) is 60.7 Å². The van der Waals surface area contributed by atoms with E-state index in [-0.39, 0.29) is 25.1 Å². The zero-order valence-corrected chi connectivity index (χ0v) is 17.8. The molecular formula is C25H23N3O5. The van der Waals surface area contributed by atoms with Gasteiger partial charge in [-0.05, 0) is 35.4 Å². The van der Waals surface area contributed by atoms with Gasteiger partial charge in [0.1, 0.15) is 24.7 Å². The summed E-state index contributed by atoms with van der Waals surface area (Å²) in [5.41, 5.74) is 2.12. The molecule has 1 heterocycles. The monoisotopic (exact) mass is 445 g/mol. The van der Waals surface area contributed by atoms with E-state index in [0.717, 1.165) is 16.9 Å². The van der Waals surface area contributed by atoms with E-state index in [4.69, 9.17) is 18.6 Å². The summed E-state index contributed by atoms with van der Waals surface area (Å²) < 4.78 is 22.1. The van der Waals surface area contributed by atoms with Crippen LogP contribution in [0.5, 0.6) is 11.5 Å². The summed E-state index contributed by atoms with van der Waals surface area (Å²) in [7, 11) is 0. The lowest BCUT2D eigenvalue weighted by atomic mass is 10.2. The molecule has 0 atom stereocenters. The Labute approximate surface area is 191 Å². The molecule has 8 heteroatoms. The van der Waals surface area contributed by atoms with Gasteiger partial charge >= 0.3 is 11.8 Å². The van der Waals surface area contributed by atoms with Crippen LogP contribution in [0.3, 0.4) is 0 Å². The molecule has 1 amide bonds. The minimum atomic E-state index is -0.528. The fraction of sp³-hybridized carbons (Fsp3) is 0.160. The number of hydrogen-bond acceptors (Lipinski definition) is 7. The predicted octanol–water partition coefficient (Wildman–Crippen LogP) is 4.13. The molecule has 4 aromatic rings. The van der Waals surface area contributed by atoms with Gasteiger partial charge in [-0.15, -0.1) is 10.2 Å². The van der Waals surface area contributed by atoms with Crippen LogP contribution in [0, 0.1) is 0 Å². The van der Waals surface area contributed by atoms with Crippen LogP contribution in [-0.2, 0) is 24.6 Å². The molecule has 3 aromatic carbocycles. The van der Waals surface area contributed by atoms with Crippen LogP contribution in [0.25, 0.3) is 0 Å². The average molecular weight is 445 g/mol. The van der Waals surface area contributed by atoms with Crippen molar-refractivity contribution in [1.82, 2.24) is 15.5 Å². The highest BCUT2D eigenvalue weighted by atomic mass is 16.5. The Balaban J connectivity index is 1.16. The predicted molar refractivity (Wildman–Crippen MR) is 119 cm³/mol. The Morgan fingerprint density at radius 1 is 0.727 bits per heavy atom. The SMILES string of the molecule is O=C(NCOc1ccc(OCc2ccccc2)cc1)c1nnc(COCc2ccccc2)o1. The van der Waals surface area contributed by atoms with Crippen LogP contribution in [0.4, 0.5) is 0 Å². The van der Waals surface area contributed by atoms with Gasteiger partial charge in [0, 0.05) is 0 Å². The van der Waals surface area contributed by atoms with Gasteiger partial charge in [-0.25, -0.2) is 0 Å². The van der Waals surface area contributed by atoms with Crippen molar-refractivity contribution in [3.63, 3.8) is 0 Å². The summed E-state index contributed by atoms with van der Waals surface area (Å²) >= 11 is 0. The molecule has 1 N–H and O–H groups in total. The summed E-state index contributed by atoms with van der Waals surface area (Å²) in [6.45, 7) is 0.963. The Morgan fingerprint density at radius 2 is 1.33 bits per heavy atom. The van der Waals surface area contributed by atoms with Crippen molar-refractivity contribution >= 4 is 5.91 Å². The number of benzene rings is 3. The molecule has 0 bridgehead atoms. The van der Waals surface area contributed by atoms with Crippen LogP contribution in [0.1, 0.15) is 27.7 Å². The molecule has 0 spiro atoms. The minimum Gasteiger partial charge on any atom is -0.489 e. The van der Waals surface area contributed by atoms with Gasteiger partial charge in [0.2, 0.25) is 5.89 Å². The molecule has 33 heavy (non-hydrogen) atoms. The summed E-state index contributed by atoms with van der Waals surface area (Å²) in [5, 5.41) is 10.1. The van der Waals surface area contributed by atoms with Gasteiger partial charge < -0.3 is 23.9 Å². The van der Waals surface area contributed by atoms with Crippen LogP contribution in [-0.4, -0.2) is 22.8 Å². The molecule has 0 aliphatic carbocycles. The number of hydrogen-bond donors (Lipinski definition) is 1. The third-order valence-electron chi connectivity index (χ3n) is 4.54. The molecule has 4 rings (SSSR count). The highest BCUT2D eigenvalue weighted by molar-refractivity contribution is 5.89. The van der Waals surface area contributed by atoms with E-state index in [1.54, 1.807) is 24.3 Å². The quantitative estimate of drug-likeness (QED) is 0.347. The second kappa shape index (κ2) is 11.4. The molecule has 0 saturated carbocycles. The Morgan fingerprint density at radius 3 is 2.00 bits per heavy atom. The molecule has 0 saturated heterocycles. The second-order valence-electron chi connectivity index (χ2n) is 7.02. The Bertz CT molecular complexity index is 1130. The van der Waals surface area contributed by atoms with E-state index in [9.17, 15) is 4.79 Å². The fourth-order valence-electron chi connectivity index (χ4n) is 2.87. The van der Waals surface area contributed by atoms with Crippen molar-refractivity contribution in [2.24, 2.45) is 0 Å². The van der Waals surface area contributed by atoms with Gasteiger partial charge in [0.25, 0.3) is 0 Å². The molecular weight excluding hydrogens is 422 g/mol.